The number of ether oxygens (including phenoxy) is 2. The molecule has 2 aliphatic rings. The summed E-state index contributed by atoms with van der Waals surface area (Å²) in [5, 5.41) is 17.4. The van der Waals surface area contributed by atoms with Crippen molar-refractivity contribution in [2.75, 3.05) is 18.5 Å². The number of amides is 1. The fraction of sp³-hybridized carbons (Fsp3) is 0.448. The fourth-order valence-electron chi connectivity index (χ4n) is 5.03. The molecule has 0 unspecified atom stereocenters. The first-order valence-corrected chi connectivity index (χ1v) is 13.0. The van der Waals surface area contributed by atoms with Crippen LogP contribution in [0.15, 0.2) is 48.7 Å². The van der Waals surface area contributed by atoms with E-state index in [4.69, 9.17) is 14.5 Å². The zero-order valence-electron chi connectivity index (χ0n) is 20.8. The quantitative estimate of drug-likeness (QED) is 0.423. The van der Waals surface area contributed by atoms with Crippen LogP contribution in [-0.2, 0) is 11.3 Å². The molecule has 190 valence electrons. The summed E-state index contributed by atoms with van der Waals surface area (Å²) >= 11 is 0. The van der Waals surface area contributed by atoms with Gasteiger partial charge < -0.3 is 25.2 Å². The van der Waals surface area contributed by atoms with E-state index in [2.05, 4.69) is 16.7 Å². The molecule has 1 aliphatic heterocycles. The number of rotatable bonds is 8. The van der Waals surface area contributed by atoms with Gasteiger partial charge in [0.25, 0.3) is 5.91 Å². The van der Waals surface area contributed by atoms with Gasteiger partial charge in [0.05, 0.1) is 17.7 Å². The van der Waals surface area contributed by atoms with E-state index >= 15 is 0 Å². The SMILES string of the molecule is Cc1c(NC(=O)c2ccc(OC[C@H]3CCCO3)cc2)ccc2cc(CNC3CCC(O)CC3)cnc12. The van der Waals surface area contributed by atoms with E-state index in [9.17, 15) is 9.90 Å². The normalized spacial score (nSPS) is 22.0. The number of aromatic nitrogens is 1. The van der Waals surface area contributed by atoms with Crippen molar-refractivity contribution in [1.82, 2.24) is 10.3 Å². The highest BCUT2D eigenvalue weighted by atomic mass is 16.5. The van der Waals surface area contributed by atoms with Crippen LogP contribution in [-0.4, -0.2) is 47.5 Å². The van der Waals surface area contributed by atoms with E-state index in [1.807, 2.05) is 37.4 Å². The Labute approximate surface area is 212 Å². The Morgan fingerprint density at radius 3 is 2.67 bits per heavy atom. The van der Waals surface area contributed by atoms with Crippen LogP contribution in [0.25, 0.3) is 10.9 Å². The first-order valence-electron chi connectivity index (χ1n) is 13.0. The van der Waals surface area contributed by atoms with Crippen LogP contribution in [0.5, 0.6) is 5.75 Å². The summed E-state index contributed by atoms with van der Waals surface area (Å²) in [4.78, 5) is 17.6. The third-order valence-electron chi connectivity index (χ3n) is 7.28. The summed E-state index contributed by atoms with van der Waals surface area (Å²) in [6.07, 6.45) is 7.80. The highest BCUT2D eigenvalue weighted by molar-refractivity contribution is 6.06. The van der Waals surface area contributed by atoms with Crippen molar-refractivity contribution in [3.05, 3.63) is 65.4 Å². The molecule has 1 aliphatic carbocycles. The molecule has 3 aromatic rings. The number of carbonyl (C=O) groups excluding carboxylic acids is 1. The number of nitrogens with one attached hydrogen (secondary N) is 2. The van der Waals surface area contributed by atoms with Crippen molar-refractivity contribution in [2.45, 2.75) is 70.2 Å². The highest BCUT2D eigenvalue weighted by Gasteiger charge is 2.19. The lowest BCUT2D eigenvalue weighted by molar-refractivity contribution is 0.0679. The molecule has 0 radical (unpaired) electrons. The number of nitrogens with zero attached hydrogens (tertiary/aromatic N) is 1. The number of aryl methyl sites for hydroxylation is 1. The van der Waals surface area contributed by atoms with Gasteiger partial charge in [0, 0.05) is 42.0 Å². The Bertz CT molecular complexity index is 1180. The molecule has 36 heavy (non-hydrogen) atoms. The van der Waals surface area contributed by atoms with E-state index in [-0.39, 0.29) is 18.1 Å². The number of pyridine rings is 1. The van der Waals surface area contributed by atoms with Crippen molar-refractivity contribution in [2.24, 2.45) is 0 Å². The number of benzene rings is 2. The largest absolute Gasteiger partial charge is 0.491 e. The molecule has 0 spiro atoms. The van der Waals surface area contributed by atoms with Gasteiger partial charge in [0.2, 0.25) is 0 Å². The molecule has 2 heterocycles. The second-order valence-electron chi connectivity index (χ2n) is 9.96. The van der Waals surface area contributed by atoms with Gasteiger partial charge in [0.1, 0.15) is 12.4 Å². The average molecular weight is 490 g/mol. The van der Waals surface area contributed by atoms with Crippen molar-refractivity contribution in [3.8, 4) is 5.75 Å². The van der Waals surface area contributed by atoms with Crippen LogP contribution in [0.3, 0.4) is 0 Å². The average Bonchev–Trinajstić information content (AvgIpc) is 3.43. The minimum atomic E-state index is -0.165. The summed E-state index contributed by atoms with van der Waals surface area (Å²) in [5.41, 5.74) is 4.29. The molecule has 2 aromatic carbocycles. The summed E-state index contributed by atoms with van der Waals surface area (Å²) in [7, 11) is 0. The number of hydrogen-bond donors (Lipinski definition) is 3. The first-order chi connectivity index (χ1) is 17.5. The predicted molar refractivity (Wildman–Crippen MR) is 140 cm³/mol. The van der Waals surface area contributed by atoms with Gasteiger partial charge in [-0.1, -0.05) is 6.07 Å². The molecule has 3 N–H and O–H groups in total. The zero-order valence-corrected chi connectivity index (χ0v) is 20.8. The lowest BCUT2D eigenvalue weighted by atomic mass is 9.93. The Balaban J connectivity index is 1.19. The van der Waals surface area contributed by atoms with Crippen molar-refractivity contribution < 1.29 is 19.4 Å². The minimum Gasteiger partial charge on any atom is -0.491 e. The van der Waals surface area contributed by atoms with Gasteiger partial charge in [-0.2, -0.15) is 0 Å². The van der Waals surface area contributed by atoms with Gasteiger partial charge in [-0.15, -0.1) is 0 Å². The summed E-state index contributed by atoms with van der Waals surface area (Å²) in [6.45, 7) is 4.09. The number of anilines is 1. The van der Waals surface area contributed by atoms with Crippen LogP contribution in [0, 0.1) is 6.92 Å². The molecule has 1 atom stereocenters. The van der Waals surface area contributed by atoms with E-state index < -0.39 is 0 Å². The second kappa shape index (κ2) is 11.4. The Kier molecular flexibility index (Phi) is 7.80. The summed E-state index contributed by atoms with van der Waals surface area (Å²) < 4.78 is 11.4. The monoisotopic (exact) mass is 489 g/mol. The third kappa shape index (κ3) is 6.03. The smallest absolute Gasteiger partial charge is 0.255 e. The molecule has 5 rings (SSSR count). The standard InChI is InChI=1S/C29H35N3O4/c1-19-27(32-29(34)21-4-11-25(12-5-21)36-18-26-3-2-14-35-26)13-6-22-15-20(17-31-28(19)22)16-30-23-7-9-24(33)10-8-23/h4-6,11-13,15,17,23-24,26,30,33H,2-3,7-10,14,16,18H2,1H3,(H,32,34)/t23?,24?,26-/m1/s1. The molecule has 7 heteroatoms. The van der Waals surface area contributed by atoms with Crippen LogP contribution in [0.2, 0.25) is 0 Å². The Hall–Kier alpha value is -3.00. The van der Waals surface area contributed by atoms with Gasteiger partial charge in [0.15, 0.2) is 0 Å². The van der Waals surface area contributed by atoms with Crippen molar-refractivity contribution >= 4 is 22.5 Å². The number of fused-ring (bicyclic) bond motifs is 1. The highest BCUT2D eigenvalue weighted by Crippen LogP contribution is 2.26. The predicted octanol–water partition coefficient (Wildman–Crippen LogP) is 4.75. The van der Waals surface area contributed by atoms with Crippen molar-refractivity contribution in [3.63, 3.8) is 0 Å². The van der Waals surface area contributed by atoms with Crippen molar-refractivity contribution in [1.29, 1.82) is 0 Å². The number of carbonyl (C=O) groups is 1. The second-order valence-corrected chi connectivity index (χ2v) is 9.96. The van der Waals surface area contributed by atoms with Crippen LogP contribution in [0.4, 0.5) is 5.69 Å². The third-order valence-corrected chi connectivity index (χ3v) is 7.28. The van der Waals surface area contributed by atoms with Crippen LogP contribution >= 0.6 is 0 Å². The Morgan fingerprint density at radius 1 is 1.11 bits per heavy atom. The number of aliphatic hydroxyl groups excluding tert-OH is 1. The van der Waals surface area contributed by atoms with E-state index in [1.54, 1.807) is 12.1 Å². The van der Waals surface area contributed by atoms with E-state index in [0.29, 0.717) is 18.2 Å². The topological polar surface area (TPSA) is 92.7 Å². The number of aliphatic hydroxyl groups is 1. The Morgan fingerprint density at radius 2 is 1.92 bits per heavy atom. The lowest BCUT2D eigenvalue weighted by Gasteiger charge is -2.26. The maximum atomic E-state index is 12.9. The van der Waals surface area contributed by atoms with Gasteiger partial charge in [-0.05, 0) is 93.0 Å². The first kappa shape index (κ1) is 24.7. The molecule has 7 nitrogen and oxygen atoms in total. The van der Waals surface area contributed by atoms with Gasteiger partial charge in [-0.25, -0.2) is 0 Å². The maximum Gasteiger partial charge on any atom is 0.255 e. The molecule has 1 saturated heterocycles. The molecule has 2 fully saturated rings. The zero-order chi connectivity index (χ0) is 24.9. The van der Waals surface area contributed by atoms with Crippen LogP contribution < -0.4 is 15.4 Å². The summed E-state index contributed by atoms with van der Waals surface area (Å²) in [5.74, 6) is 0.570. The number of hydrogen-bond acceptors (Lipinski definition) is 6. The van der Waals surface area contributed by atoms with Crippen LogP contribution in [0.1, 0.15) is 60.0 Å². The molecular formula is C29H35N3O4. The fourth-order valence-corrected chi connectivity index (χ4v) is 5.03. The molecule has 1 aromatic heterocycles. The van der Waals surface area contributed by atoms with E-state index in [0.717, 1.165) is 85.1 Å². The lowest BCUT2D eigenvalue weighted by Crippen LogP contribution is -2.34. The van der Waals surface area contributed by atoms with Gasteiger partial charge >= 0.3 is 0 Å². The summed E-state index contributed by atoms with van der Waals surface area (Å²) in [6, 6.07) is 13.8. The minimum absolute atomic E-state index is 0.141. The van der Waals surface area contributed by atoms with E-state index in [1.165, 1.54) is 0 Å². The molecular weight excluding hydrogens is 454 g/mol. The van der Waals surface area contributed by atoms with Gasteiger partial charge in [-0.3, -0.25) is 9.78 Å². The maximum absolute atomic E-state index is 12.9. The molecule has 0 bridgehead atoms. The molecule has 1 saturated carbocycles. The molecule has 1 amide bonds.